The fourth-order valence-electron chi connectivity index (χ4n) is 3.05. The number of carbonyl (C=O) groups is 1. The van der Waals surface area contributed by atoms with Gasteiger partial charge in [0.2, 0.25) is 5.76 Å². The first-order valence-electron chi connectivity index (χ1n) is 8.01. The first kappa shape index (κ1) is 14.4. The van der Waals surface area contributed by atoms with Gasteiger partial charge in [0.25, 0.3) is 11.8 Å². The van der Waals surface area contributed by atoms with Crippen molar-refractivity contribution in [2.75, 3.05) is 6.61 Å². The van der Waals surface area contributed by atoms with Crippen LogP contribution in [-0.2, 0) is 24.1 Å². The summed E-state index contributed by atoms with van der Waals surface area (Å²) in [5.41, 5.74) is 1.84. The topological polar surface area (TPSA) is 103 Å². The second-order valence-corrected chi connectivity index (χ2v) is 5.88. The molecule has 4 rings (SSSR count). The van der Waals surface area contributed by atoms with Crippen molar-refractivity contribution >= 4 is 5.91 Å². The molecule has 3 heterocycles. The number of rotatable bonds is 4. The summed E-state index contributed by atoms with van der Waals surface area (Å²) < 4.78 is 15.9. The first-order chi connectivity index (χ1) is 11.3. The van der Waals surface area contributed by atoms with Crippen molar-refractivity contribution < 1.29 is 18.6 Å². The van der Waals surface area contributed by atoms with Crippen molar-refractivity contribution in [3.05, 3.63) is 28.7 Å². The molecule has 1 fully saturated rings. The highest BCUT2D eigenvalue weighted by molar-refractivity contribution is 5.92. The SMILES string of the molecule is O=C(NCc1noc([C@@H]2CCCO2)n1)c1onc2c1CCCC2. The third-order valence-corrected chi connectivity index (χ3v) is 4.26. The summed E-state index contributed by atoms with van der Waals surface area (Å²) >= 11 is 0. The van der Waals surface area contributed by atoms with Crippen LogP contribution < -0.4 is 5.32 Å². The maximum absolute atomic E-state index is 12.3. The zero-order chi connectivity index (χ0) is 15.6. The zero-order valence-corrected chi connectivity index (χ0v) is 12.7. The molecular formula is C15H18N4O4. The number of fused-ring (bicyclic) bond motifs is 1. The van der Waals surface area contributed by atoms with E-state index in [1.165, 1.54) is 0 Å². The van der Waals surface area contributed by atoms with Crippen molar-refractivity contribution in [1.29, 1.82) is 0 Å². The van der Waals surface area contributed by atoms with Gasteiger partial charge >= 0.3 is 0 Å². The molecule has 0 unspecified atom stereocenters. The Morgan fingerprint density at radius 1 is 1.17 bits per heavy atom. The summed E-state index contributed by atoms with van der Waals surface area (Å²) in [7, 11) is 0. The molecule has 0 aromatic carbocycles. The monoisotopic (exact) mass is 318 g/mol. The Morgan fingerprint density at radius 3 is 2.96 bits per heavy atom. The largest absolute Gasteiger partial charge is 0.368 e. The van der Waals surface area contributed by atoms with Gasteiger partial charge in [0, 0.05) is 12.2 Å². The molecule has 1 amide bonds. The van der Waals surface area contributed by atoms with Crippen molar-refractivity contribution in [2.24, 2.45) is 0 Å². The summed E-state index contributed by atoms with van der Waals surface area (Å²) in [6.07, 6.45) is 5.63. The van der Waals surface area contributed by atoms with E-state index in [4.69, 9.17) is 13.8 Å². The van der Waals surface area contributed by atoms with Crippen LogP contribution >= 0.6 is 0 Å². The Kier molecular flexibility index (Phi) is 3.82. The van der Waals surface area contributed by atoms with E-state index in [0.29, 0.717) is 17.5 Å². The average molecular weight is 318 g/mol. The van der Waals surface area contributed by atoms with E-state index in [2.05, 4.69) is 20.6 Å². The van der Waals surface area contributed by atoms with Crippen LogP contribution in [0, 0.1) is 0 Å². The van der Waals surface area contributed by atoms with Crippen molar-refractivity contribution in [3.8, 4) is 0 Å². The Labute approximate surface area is 132 Å². The van der Waals surface area contributed by atoms with Crippen LogP contribution in [0.3, 0.4) is 0 Å². The van der Waals surface area contributed by atoms with E-state index >= 15 is 0 Å². The number of ether oxygens (including phenoxy) is 1. The zero-order valence-electron chi connectivity index (χ0n) is 12.7. The number of nitrogens with zero attached hydrogens (tertiary/aromatic N) is 3. The predicted octanol–water partition coefficient (Wildman–Crippen LogP) is 1.72. The Bertz CT molecular complexity index is 702. The molecule has 0 saturated carbocycles. The van der Waals surface area contributed by atoms with Gasteiger partial charge in [-0.25, -0.2) is 0 Å². The van der Waals surface area contributed by atoms with Gasteiger partial charge in [-0.2, -0.15) is 4.98 Å². The van der Waals surface area contributed by atoms with E-state index < -0.39 is 0 Å². The fourth-order valence-corrected chi connectivity index (χ4v) is 3.05. The summed E-state index contributed by atoms with van der Waals surface area (Å²) in [5.74, 6) is 0.924. The minimum absolute atomic E-state index is 0.117. The smallest absolute Gasteiger partial charge is 0.290 e. The van der Waals surface area contributed by atoms with Crippen LogP contribution in [-0.4, -0.2) is 27.8 Å². The van der Waals surface area contributed by atoms with Crippen molar-refractivity contribution in [1.82, 2.24) is 20.6 Å². The van der Waals surface area contributed by atoms with Gasteiger partial charge in [0.05, 0.1) is 12.2 Å². The lowest BCUT2D eigenvalue weighted by Crippen LogP contribution is -2.24. The first-order valence-corrected chi connectivity index (χ1v) is 8.01. The number of nitrogens with one attached hydrogen (secondary N) is 1. The molecule has 1 saturated heterocycles. The molecule has 8 nitrogen and oxygen atoms in total. The Balaban J connectivity index is 1.39. The van der Waals surface area contributed by atoms with Crippen LogP contribution in [0.5, 0.6) is 0 Å². The van der Waals surface area contributed by atoms with Crippen LogP contribution in [0.2, 0.25) is 0 Å². The molecule has 23 heavy (non-hydrogen) atoms. The maximum Gasteiger partial charge on any atom is 0.290 e. The lowest BCUT2D eigenvalue weighted by Gasteiger charge is -2.08. The summed E-state index contributed by atoms with van der Waals surface area (Å²) in [6.45, 7) is 0.903. The lowest BCUT2D eigenvalue weighted by molar-refractivity contribution is 0.0835. The van der Waals surface area contributed by atoms with Crippen molar-refractivity contribution in [2.45, 2.75) is 51.2 Å². The third kappa shape index (κ3) is 2.86. The number of aromatic nitrogens is 3. The van der Waals surface area contributed by atoms with E-state index in [0.717, 1.165) is 56.4 Å². The number of amides is 1. The van der Waals surface area contributed by atoms with Gasteiger partial charge in [-0.1, -0.05) is 10.3 Å². The molecule has 1 atom stereocenters. The summed E-state index contributed by atoms with van der Waals surface area (Å²) in [6, 6.07) is 0. The molecular weight excluding hydrogens is 300 g/mol. The molecule has 8 heteroatoms. The standard InChI is InChI=1S/C15H18N4O4/c20-14(13-9-4-1-2-5-10(9)18-22-13)16-8-12-17-15(23-19-12)11-6-3-7-21-11/h11H,1-8H2,(H,16,20)/t11-/m0/s1. The minimum Gasteiger partial charge on any atom is -0.368 e. The molecule has 0 spiro atoms. The van der Waals surface area contributed by atoms with E-state index in [9.17, 15) is 4.79 Å². The molecule has 1 aliphatic heterocycles. The molecule has 0 radical (unpaired) electrons. The highest BCUT2D eigenvalue weighted by Gasteiger charge is 2.26. The molecule has 2 aliphatic rings. The molecule has 2 aromatic heterocycles. The van der Waals surface area contributed by atoms with Crippen LogP contribution in [0.4, 0.5) is 0 Å². The lowest BCUT2D eigenvalue weighted by atomic mass is 9.96. The van der Waals surface area contributed by atoms with Gasteiger partial charge in [0.1, 0.15) is 6.10 Å². The maximum atomic E-state index is 12.3. The Hall–Kier alpha value is -2.22. The molecule has 122 valence electrons. The Morgan fingerprint density at radius 2 is 2.09 bits per heavy atom. The van der Waals surface area contributed by atoms with Gasteiger partial charge in [-0.05, 0) is 38.5 Å². The van der Waals surface area contributed by atoms with Crippen molar-refractivity contribution in [3.63, 3.8) is 0 Å². The van der Waals surface area contributed by atoms with Gasteiger partial charge in [0.15, 0.2) is 5.82 Å². The highest BCUT2D eigenvalue weighted by Crippen LogP contribution is 2.27. The number of aryl methyl sites for hydroxylation is 1. The number of hydrogen-bond acceptors (Lipinski definition) is 7. The number of carbonyl (C=O) groups excluding carboxylic acids is 1. The quantitative estimate of drug-likeness (QED) is 0.915. The summed E-state index contributed by atoms with van der Waals surface area (Å²) in [5, 5.41) is 10.6. The van der Waals surface area contributed by atoms with Gasteiger partial charge in [-0.15, -0.1) is 0 Å². The fraction of sp³-hybridized carbons (Fsp3) is 0.600. The highest BCUT2D eigenvalue weighted by atomic mass is 16.5. The van der Waals surface area contributed by atoms with E-state index in [-0.39, 0.29) is 18.6 Å². The van der Waals surface area contributed by atoms with Crippen LogP contribution in [0.15, 0.2) is 9.05 Å². The molecule has 1 aliphatic carbocycles. The molecule has 2 aromatic rings. The minimum atomic E-state index is -0.288. The van der Waals surface area contributed by atoms with E-state index in [1.54, 1.807) is 0 Å². The van der Waals surface area contributed by atoms with E-state index in [1.807, 2.05) is 0 Å². The average Bonchev–Trinajstić information content (AvgIpc) is 3.31. The van der Waals surface area contributed by atoms with Gasteiger partial charge in [-0.3, -0.25) is 4.79 Å². The predicted molar refractivity (Wildman–Crippen MR) is 76.5 cm³/mol. The second-order valence-electron chi connectivity index (χ2n) is 5.88. The number of hydrogen-bond donors (Lipinski definition) is 1. The summed E-state index contributed by atoms with van der Waals surface area (Å²) in [4.78, 5) is 16.5. The third-order valence-electron chi connectivity index (χ3n) is 4.26. The molecule has 1 N–H and O–H groups in total. The van der Waals surface area contributed by atoms with Crippen LogP contribution in [0.25, 0.3) is 0 Å². The van der Waals surface area contributed by atoms with Crippen LogP contribution in [0.1, 0.15) is 65.3 Å². The normalized spacial score (nSPS) is 20.4. The second kappa shape index (κ2) is 6.11. The van der Waals surface area contributed by atoms with Gasteiger partial charge < -0.3 is 19.1 Å². The molecule has 0 bridgehead atoms.